The van der Waals surface area contributed by atoms with E-state index in [9.17, 15) is 4.79 Å². The molecule has 5 heteroatoms. The monoisotopic (exact) mass is 409 g/mol. The average molecular weight is 410 g/mol. The molecule has 1 amide bonds. The molecule has 0 unspecified atom stereocenters. The number of benzene rings is 2. The predicted molar refractivity (Wildman–Crippen MR) is 116 cm³/mol. The summed E-state index contributed by atoms with van der Waals surface area (Å²) in [5.41, 5.74) is 3.05. The highest BCUT2D eigenvalue weighted by Gasteiger charge is 2.29. The molecule has 0 radical (unpaired) electrons. The van der Waals surface area contributed by atoms with E-state index in [1.165, 1.54) is 5.56 Å². The molecule has 1 aliphatic rings. The van der Waals surface area contributed by atoms with E-state index in [0.29, 0.717) is 31.2 Å². The van der Waals surface area contributed by atoms with Crippen LogP contribution in [0.1, 0.15) is 37.0 Å². The van der Waals surface area contributed by atoms with Gasteiger partial charge in [0.05, 0.1) is 13.2 Å². The second-order valence-electron chi connectivity index (χ2n) is 8.00. The first kappa shape index (κ1) is 22.1. The Balaban J connectivity index is 1.55. The van der Waals surface area contributed by atoms with Crippen LogP contribution in [0.5, 0.6) is 0 Å². The fraction of sp³-hybridized carbons (Fsp3) is 0.400. The van der Waals surface area contributed by atoms with E-state index in [1.807, 2.05) is 60.7 Å². The molecule has 0 saturated carbocycles. The van der Waals surface area contributed by atoms with Crippen molar-refractivity contribution in [2.45, 2.75) is 46.2 Å². The van der Waals surface area contributed by atoms with Gasteiger partial charge >= 0.3 is 0 Å². The highest BCUT2D eigenvalue weighted by molar-refractivity contribution is 5.91. The van der Waals surface area contributed by atoms with Crippen molar-refractivity contribution in [1.29, 1.82) is 0 Å². The quantitative estimate of drug-likeness (QED) is 0.658. The van der Waals surface area contributed by atoms with E-state index in [2.05, 4.69) is 19.2 Å². The Kier molecular flexibility index (Phi) is 8.05. The molecule has 2 atom stereocenters. The predicted octanol–water partition coefficient (Wildman–Crippen LogP) is 3.96. The maximum Gasteiger partial charge on any atom is 0.286 e. The van der Waals surface area contributed by atoms with Gasteiger partial charge in [0.1, 0.15) is 0 Å². The Morgan fingerprint density at radius 2 is 1.80 bits per heavy atom. The normalized spacial score (nSPS) is 18.6. The summed E-state index contributed by atoms with van der Waals surface area (Å²) in [5.74, 6) is 0.747. The van der Waals surface area contributed by atoms with Crippen LogP contribution in [-0.2, 0) is 33.9 Å². The number of hydrogen-bond donors (Lipinski definition) is 2. The molecule has 0 aromatic heterocycles. The summed E-state index contributed by atoms with van der Waals surface area (Å²) in [6.07, 6.45) is 2.96. The minimum Gasteiger partial charge on any atom is -0.459 e. The maximum absolute atomic E-state index is 12.7. The number of allylic oxidation sites excluding steroid dienone is 1. The van der Waals surface area contributed by atoms with E-state index in [4.69, 9.17) is 14.6 Å². The van der Waals surface area contributed by atoms with Crippen molar-refractivity contribution in [2.75, 3.05) is 6.54 Å². The van der Waals surface area contributed by atoms with Crippen molar-refractivity contribution in [3.63, 3.8) is 0 Å². The van der Waals surface area contributed by atoms with Crippen LogP contribution in [0.25, 0.3) is 0 Å². The second-order valence-corrected chi connectivity index (χ2v) is 8.00. The van der Waals surface area contributed by atoms with Crippen LogP contribution in [-0.4, -0.2) is 23.8 Å². The Morgan fingerprint density at radius 3 is 2.47 bits per heavy atom. The number of rotatable bonds is 9. The van der Waals surface area contributed by atoms with Gasteiger partial charge in [-0.3, -0.25) is 4.79 Å². The number of hydrogen-bond acceptors (Lipinski definition) is 4. The van der Waals surface area contributed by atoms with Gasteiger partial charge in [0.15, 0.2) is 5.76 Å². The van der Waals surface area contributed by atoms with E-state index in [1.54, 1.807) is 0 Å². The Hall–Kier alpha value is -2.63. The summed E-state index contributed by atoms with van der Waals surface area (Å²) in [4.78, 5) is 12.7. The van der Waals surface area contributed by atoms with Crippen LogP contribution in [0.3, 0.4) is 0 Å². The van der Waals surface area contributed by atoms with Crippen molar-refractivity contribution in [2.24, 2.45) is 11.8 Å². The standard InChI is InChI=1S/C25H31NO4/c1-18(2)22-14-23(25(28)26-13-12-19-6-4-3-5-7-19)30-24(15-22)29-17-21-10-8-20(16-27)9-11-21/h3-11,14,18,22,24,27H,12-13,15-17H2,1-2H3,(H,26,28)/t22-,24+/m0/s1. The van der Waals surface area contributed by atoms with Gasteiger partial charge in [-0.05, 0) is 41.0 Å². The van der Waals surface area contributed by atoms with Crippen molar-refractivity contribution >= 4 is 5.91 Å². The Bertz CT molecular complexity index is 830. The lowest BCUT2D eigenvalue weighted by molar-refractivity contribution is -0.154. The third-order valence-corrected chi connectivity index (χ3v) is 5.35. The second kappa shape index (κ2) is 11.0. The zero-order valence-corrected chi connectivity index (χ0v) is 17.7. The van der Waals surface area contributed by atoms with Crippen LogP contribution >= 0.6 is 0 Å². The van der Waals surface area contributed by atoms with Crippen LogP contribution < -0.4 is 5.32 Å². The molecule has 0 fully saturated rings. The summed E-state index contributed by atoms with van der Waals surface area (Å²) in [6, 6.07) is 17.7. The van der Waals surface area contributed by atoms with Crippen molar-refractivity contribution < 1.29 is 19.4 Å². The smallest absolute Gasteiger partial charge is 0.286 e. The molecule has 1 aliphatic heterocycles. The molecule has 0 aliphatic carbocycles. The molecule has 30 heavy (non-hydrogen) atoms. The topological polar surface area (TPSA) is 67.8 Å². The molecule has 0 saturated heterocycles. The third kappa shape index (κ3) is 6.44. The molecule has 1 heterocycles. The highest BCUT2D eigenvalue weighted by atomic mass is 16.7. The number of carbonyl (C=O) groups excluding carboxylic acids is 1. The van der Waals surface area contributed by atoms with Gasteiger partial charge in [-0.2, -0.15) is 0 Å². The molecule has 2 aromatic carbocycles. The fourth-order valence-corrected chi connectivity index (χ4v) is 3.39. The van der Waals surface area contributed by atoms with Crippen molar-refractivity contribution in [3.05, 3.63) is 83.1 Å². The number of aliphatic hydroxyl groups is 1. The minimum absolute atomic E-state index is 0.0243. The van der Waals surface area contributed by atoms with Gasteiger partial charge in [-0.15, -0.1) is 0 Å². The first-order chi connectivity index (χ1) is 14.5. The molecule has 160 valence electrons. The van der Waals surface area contributed by atoms with Gasteiger partial charge in [-0.1, -0.05) is 68.4 Å². The van der Waals surface area contributed by atoms with Crippen molar-refractivity contribution in [3.8, 4) is 0 Å². The number of ether oxygens (including phenoxy) is 2. The van der Waals surface area contributed by atoms with Gasteiger partial charge in [0.25, 0.3) is 5.91 Å². The molecule has 0 bridgehead atoms. The molecular weight excluding hydrogens is 378 g/mol. The summed E-state index contributed by atoms with van der Waals surface area (Å²) in [5, 5.41) is 12.1. The van der Waals surface area contributed by atoms with Crippen molar-refractivity contribution in [1.82, 2.24) is 5.32 Å². The van der Waals surface area contributed by atoms with Gasteiger partial charge < -0.3 is 19.9 Å². The molecule has 2 N–H and O–H groups in total. The van der Waals surface area contributed by atoms with E-state index >= 15 is 0 Å². The summed E-state index contributed by atoms with van der Waals surface area (Å²) in [6.45, 7) is 5.25. The molecule has 0 spiro atoms. The lowest BCUT2D eigenvalue weighted by Gasteiger charge is -2.31. The SMILES string of the molecule is CC(C)[C@H]1C=C(C(=O)NCCc2ccccc2)O[C@@H](OCc2ccc(CO)cc2)C1. The van der Waals surface area contributed by atoms with E-state index in [0.717, 1.165) is 17.5 Å². The van der Waals surface area contributed by atoms with Crippen LogP contribution in [0.4, 0.5) is 0 Å². The third-order valence-electron chi connectivity index (χ3n) is 5.35. The van der Waals surface area contributed by atoms with Gasteiger partial charge in [0, 0.05) is 13.0 Å². The number of nitrogens with one attached hydrogen (secondary N) is 1. The summed E-state index contributed by atoms with van der Waals surface area (Å²) < 4.78 is 11.9. The minimum atomic E-state index is -0.463. The number of amides is 1. The highest BCUT2D eigenvalue weighted by Crippen LogP contribution is 2.29. The Morgan fingerprint density at radius 1 is 1.10 bits per heavy atom. The van der Waals surface area contributed by atoms with E-state index in [-0.39, 0.29) is 18.4 Å². The van der Waals surface area contributed by atoms with Crippen LogP contribution in [0.15, 0.2) is 66.4 Å². The lowest BCUT2D eigenvalue weighted by Crippen LogP contribution is -2.35. The van der Waals surface area contributed by atoms with Crippen LogP contribution in [0.2, 0.25) is 0 Å². The van der Waals surface area contributed by atoms with Gasteiger partial charge in [-0.25, -0.2) is 0 Å². The van der Waals surface area contributed by atoms with E-state index < -0.39 is 6.29 Å². The summed E-state index contributed by atoms with van der Waals surface area (Å²) >= 11 is 0. The number of carbonyl (C=O) groups is 1. The Labute approximate surface area is 178 Å². The van der Waals surface area contributed by atoms with Crippen LogP contribution in [0, 0.1) is 11.8 Å². The lowest BCUT2D eigenvalue weighted by atomic mass is 9.90. The zero-order valence-electron chi connectivity index (χ0n) is 17.7. The molecule has 2 aromatic rings. The largest absolute Gasteiger partial charge is 0.459 e. The maximum atomic E-state index is 12.7. The fourth-order valence-electron chi connectivity index (χ4n) is 3.39. The molecular formula is C25H31NO4. The molecule has 5 nitrogen and oxygen atoms in total. The van der Waals surface area contributed by atoms with Gasteiger partial charge in [0.2, 0.25) is 6.29 Å². The summed E-state index contributed by atoms with van der Waals surface area (Å²) in [7, 11) is 0. The molecule has 3 rings (SSSR count). The first-order valence-electron chi connectivity index (χ1n) is 10.6. The zero-order chi connectivity index (χ0) is 21.3. The average Bonchev–Trinajstić information content (AvgIpc) is 2.78. The first-order valence-corrected chi connectivity index (χ1v) is 10.6. The number of aliphatic hydroxyl groups excluding tert-OH is 1.